The zero-order valence-electron chi connectivity index (χ0n) is 17.2. The number of nitrogens with one attached hydrogen (secondary N) is 1. The van der Waals surface area contributed by atoms with Crippen LogP contribution >= 0.6 is 0 Å². The minimum atomic E-state index is -0.175. The van der Waals surface area contributed by atoms with Gasteiger partial charge in [0.1, 0.15) is 0 Å². The Bertz CT molecular complexity index is 877. The van der Waals surface area contributed by atoms with Crippen LogP contribution in [0.1, 0.15) is 36.2 Å². The predicted octanol–water partition coefficient (Wildman–Crippen LogP) is 2.97. The van der Waals surface area contributed by atoms with E-state index in [9.17, 15) is 14.4 Å². The van der Waals surface area contributed by atoms with Crippen LogP contribution in [0.4, 0.5) is 5.69 Å². The first-order chi connectivity index (χ1) is 13.8. The SMILES string of the molecule is COc1ccc(CNC(=O)CCN(C(C)=O)c2ccc(C(C)=O)cc2)cc1OC. The molecule has 0 fully saturated rings. The molecule has 0 heterocycles. The van der Waals surface area contributed by atoms with Gasteiger partial charge in [-0.15, -0.1) is 0 Å². The Morgan fingerprint density at radius 3 is 2.14 bits per heavy atom. The van der Waals surface area contributed by atoms with Crippen molar-refractivity contribution in [1.82, 2.24) is 5.32 Å². The lowest BCUT2D eigenvalue weighted by molar-refractivity contribution is -0.121. The lowest BCUT2D eigenvalue weighted by Gasteiger charge is -2.21. The van der Waals surface area contributed by atoms with Crippen molar-refractivity contribution < 1.29 is 23.9 Å². The van der Waals surface area contributed by atoms with Crippen molar-refractivity contribution in [3.05, 3.63) is 53.6 Å². The smallest absolute Gasteiger partial charge is 0.223 e. The molecule has 0 radical (unpaired) electrons. The number of anilines is 1. The summed E-state index contributed by atoms with van der Waals surface area (Å²) in [5.74, 6) is 0.826. The van der Waals surface area contributed by atoms with Gasteiger partial charge >= 0.3 is 0 Å². The zero-order valence-corrected chi connectivity index (χ0v) is 17.2. The summed E-state index contributed by atoms with van der Waals surface area (Å²) in [5, 5.41) is 2.84. The number of Topliss-reactive ketones (excluding diaryl/α,β-unsaturated/α-hetero) is 1. The molecule has 7 heteroatoms. The number of methoxy groups -OCH3 is 2. The number of benzene rings is 2. The van der Waals surface area contributed by atoms with Crippen LogP contribution in [0.2, 0.25) is 0 Å². The number of hydrogen-bond acceptors (Lipinski definition) is 5. The molecular formula is C22H26N2O5. The van der Waals surface area contributed by atoms with Gasteiger partial charge in [-0.25, -0.2) is 0 Å². The Kier molecular flexibility index (Phi) is 7.77. The summed E-state index contributed by atoms with van der Waals surface area (Å²) in [4.78, 5) is 37.1. The van der Waals surface area contributed by atoms with Gasteiger partial charge in [0.2, 0.25) is 11.8 Å². The molecule has 0 bridgehead atoms. The molecule has 0 aliphatic carbocycles. The second kappa shape index (κ2) is 10.3. The molecule has 0 atom stereocenters. The minimum Gasteiger partial charge on any atom is -0.493 e. The second-order valence-corrected chi connectivity index (χ2v) is 6.49. The van der Waals surface area contributed by atoms with Crippen LogP contribution in [0.25, 0.3) is 0 Å². The third-order valence-electron chi connectivity index (χ3n) is 4.47. The average Bonchev–Trinajstić information content (AvgIpc) is 2.72. The summed E-state index contributed by atoms with van der Waals surface area (Å²) in [7, 11) is 3.12. The van der Waals surface area contributed by atoms with Gasteiger partial charge in [0.25, 0.3) is 0 Å². The van der Waals surface area contributed by atoms with Crippen molar-refractivity contribution in [3.8, 4) is 11.5 Å². The van der Waals surface area contributed by atoms with Crippen LogP contribution in [0.3, 0.4) is 0 Å². The predicted molar refractivity (Wildman–Crippen MR) is 110 cm³/mol. The Balaban J connectivity index is 1.93. The van der Waals surface area contributed by atoms with Crippen molar-refractivity contribution in [1.29, 1.82) is 0 Å². The van der Waals surface area contributed by atoms with Crippen LogP contribution in [-0.4, -0.2) is 38.4 Å². The minimum absolute atomic E-state index is 0.0412. The fraction of sp³-hybridized carbons (Fsp3) is 0.318. The highest BCUT2D eigenvalue weighted by molar-refractivity contribution is 5.96. The molecule has 2 aromatic carbocycles. The maximum atomic E-state index is 12.2. The van der Waals surface area contributed by atoms with E-state index in [-0.39, 0.29) is 30.6 Å². The van der Waals surface area contributed by atoms with Gasteiger partial charge < -0.3 is 19.7 Å². The molecule has 154 valence electrons. The molecule has 29 heavy (non-hydrogen) atoms. The van der Waals surface area contributed by atoms with Gasteiger partial charge in [-0.3, -0.25) is 14.4 Å². The van der Waals surface area contributed by atoms with Crippen molar-refractivity contribution in [3.63, 3.8) is 0 Å². The van der Waals surface area contributed by atoms with Gasteiger partial charge in [0, 0.05) is 37.7 Å². The maximum Gasteiger partial charge on any atom is 0.223 e. The third-order valence-corrected chi connectivity index (χ3v) is 4.47. The van der Waals surface area contributed by atoms with E-state index in [1.54, 1.807) is 50.6 Å². The Morgan fingerprint density at radius 2 is 1.59 bits per heavy atom. The molecule has 2 rings (SSSR count). The Hall–Kier alpha value is -3.35. The molecule has 0 aliphatic heterocycles. The highest BCUT2D eigenvalue weighted by Gasteiger charge is 2.14. The van der Waals surface area contributed by atoms with E-state index < -0.39 is 0 Å². The first-order valence-corrected chi connectivity index (χ1v) is 9.22. The zero-order chi connectivity index (χ0) is 21.4. The molecule has 0 aliphatic rings. The largest absolute Gasteiger partial charge is 0.493 e. The average molecular weight is 398 g/mol. The molecule has 2 aromatic rings. The molecular weight excluding hydrogens is 372 g/mol. The quantitative estimate of drug-likeness (QED) is 0.657. The van der Waals surface area contributed by atoms with Crippen LogP contribution in [0, 0.1) is 0 Å². The standard InChI is InChI=1S/C22H26N2O5/c1-15(25)18-6-8-19(9-7-18)24(16(2)26)12-11-22(27)23-14-17-5-10-20(28-3)21(13-17)29-4/h5-10,13H,11-12,14H2,1-4H3,(H,23,27). The topological polar surface area (TPSA) is 84.9 Å². The van der Waals surface area contributed by atoms with Gasteiger partial charge in [0.15, 0.2) is 17.3 Å². The Morgan fingerprint density at radius 1 is 0.931 bits per heavy atom. The summed E-state index contributed by atoms with van der Waals surface area (Å²) in [6.45, 7) is 3.51. The van der Waals surface area contributed by atoms with E-state index in [2.05, 4.69) is 5.32 Å². The normalized spacial score (nSPS) is 10.2. The number of amides is 2. The van der Waals surface area contributed by atoms with Crippen molar-refractivity contribution in [2.45, 2.75) is 26.8 Å². The highest BCUT2D eigenvalue weighted by Crippen LogP contribution is 2.27. The van der Waals surface area contributed by atoms with Crippen LogP contribution in [0.15, 0.2) is 42.5 Å². The lowest BCUT2D eigenvalue weighted by Crippen LogP contribution is -2.33. The van der Waals surface area contributed by atoms with E-state index in [0.717, 1.165) is 5.56 Å². The fourth-order valence-corrected chi connectivity index (χ4v) is 2.84. The summed E-state index contributed by atoms with van der Waals surface area (Å²) in [6.07, 6.45) is 0.154. The first kappa shape index (κ1) is 21.9. The first-order valence-electron chi connectivity index (χ1n) is 9.22. The molecule has 0 spiro atoms. The van der Waals surface area contributed by atoms with Crippen molar-refractivity contribution in [2.75, 3.05) is 25.7 Å². The number of ether oxygens (including phenoxy) is 2. The molecule has 1 N–H and O–H groups in total. The number of rotatable bonds is 9. The Labute approximate surface area is 170 Å². The van der Waals surface area contributed by atoms with Crippen molar-refractivity contribution in [2.24, 2.45) is 0 Å². The van der Waals surface area contributed by atoms with Crippen LogP contribution in [0.5, 0.6) is 11.5 Å². The van der Waals surface area contributed by atoms with Gasteiger partial charge in [0.05, 0.1) is 14.2 Å². The van der Waals surface area contributed by atoms with Gasteiger partial charge in [-0.05, 0) is 48.9 Å². The summed E-state index contributed by atoms with van der Waals surface area (Å²) < 4.78 is 10.5. The van der Waals surface area contributed by atoms with Gasteiger partial charge in [-0.1, -0.05) is 6.07 Å². The summed E-state index contributed by atoms with van der Waals surface area (Å²) in [6, 6.07) is 12.2. The third kappa shape index (κ3) is 6.07. The van der Waals surface area contributed by atoms with E-state index in [4.69, 9.17) is 9.47 Å². The molecule has 7 nitrogen and oxygen atoms in total. The van der Waals surface area contributed by atoms with Crippen molar-refractivity contribution >= 4 is 23.3 Å². The van der Waals surface area contributed by atoms with Crippen LogP contribution in [-0.2, 0) is 16.1 Å². The summed E-state index contributed by atoms with van der Waals surface area (Å²) in [5.41, 5.74) is 2.10. The number of carbonyl (C=O) groups is 3. The molecule has 0 saturated heterocycles. The fourth-order valence-electron chi connectivity index (χ4n) is 2.84. The van der Waals surface area contributed by atoms with E-state index in [1.807, 2.05) is 6.07 Å². The maximum absolute atomic E-state index is 12.2. The van der Waals surface area contributed by atoms with Crippen LogP contribution < -0.4 is 19.7 Å². The molecule has 0 unspecified atom stereocenters. The molecule has 0 aromatic heterocycles. The van der Waals surface area contributed by atoms with Gasteiger partial charge in [-0.2, -0.15) is 0 Å². The number of hydrogen-bond donors (Lipinski definition) is 1. The number of nitrogens with zero attached hydrogens (tertiary/aromatic N) is 1. The lowest BCUT2D eigenvalue weighted by atomic mass is 10.1. The van der Waals surface area contributed by atoms with E-state index >= 15 is 0 Å². The number of ketones is 1. The van der Waals surface area contributed by atoms with E-state index in [1.165, 1.54) is 18.7 Å². The highest BCUT2D eigenvalue weighted by atomic mass is 16.5. The van der Waals surface area contributed by atoms with E-state index in [0.29, 0.717) is 29.3 Å². The molecule has 2 amide bonds. The second-order valence-electron chi connectivity index (χ2n) is 6.49. The number of carbonyl (C=O) groups excluding carboxylic acids is 3. The molecule has 0 saturated carbocycles. The summed E-state index contributed by atoms with van der Waals surface area (Å²) >= 11 is 0. The monoisotopic (exact) mass is 398 g/mol.